The molecule has 0 unspecified atom stereocenters. The Hall–Kier alpha value is -0.870. The molecule has 1 saturated heterocycles. The SMILES string of the molecule is C=CCN1CCNCC1.Cl.O.c1ccccc1. The molecule has 1 aromatic carbocycles. The van der Waals surface area contributed by atoms with E-state index in [1.54, 1.807) is 0 Å². The molecule has 1 fully saturated rings. The highest BCUT2D eigenvalue weighted by Gasteiger charge is 2.05. The molecule has 0 amide bonds. The van der Waals surface area contributed by atoms with E-state index in [4.69, 9.17) is 0 Å². The Bertz CT molecular complexity index is 224. The molecule has 0 aliphatic carbocycles. The number of piperazine rings is 1. The monoisotopic (exact) mass is 258 g/mol. The molecule has 17 heavy (non-hydrogen) atoms. The largest absolute Gasteiger partial charge is 0.412 e. The van der Waals surface area contributed by atoms with Crippen LogP contribution in [0.4, 0.5) is 0 Å². The molecule has 0 atom stereocenters. The Morgan fingerprint density at radius 1 is 1.00 bits per heavy atom. The van der Waals surface area contributed by atoms with E-state index >= 15 is 0 Å². The van der Waals surface area contributed by atoms with E-state index in [1.807, 2.05) is 42.5 Å². The van der Waals surface area contributed by atoms with Crippen LogP contribution in [0, 0.1) is 0 Å². The van der Waals surface area contributed by atoms with Crippen LogP contribution in [0.2, 0.25) is 0 Å². The van der Waals surface area contributed by atoms with Gasteiger partial charge in [0.25, 0.3) is 0 Å². The molecule has 0 saturated carbocycles. The maximum Gasteiger partial charge on any atom is 0.0161 e. The standard InChI is InChI=1S/C7H14N2.C6H6.ClH.H2O/c1-2-5-9-6-3-8-4-7-9;1-2-4-6-5-3-1;;/h2,8H,1,3-7H2;1-6H;1H;1H2. The summed E-state index contributed by atoms with van der Waals surface area (Å²) in [7, 11) is 0. The molecule has 3 N–H and O–H groups in total. The van der Waals surface area contributed by atoms with Gasteiger partial charge in [-0.25, -0.2) is 0 Å². The van der Waals surface area contributed by atoms with Gasteiger partial charge in [-0.2, -0.15) is 0 Å². The summed E-state index contributed by atoms with van der Waals surface area (Å²) in [5.74, 6) is 0. The fourth-order valence-corrected chi connectivity index (χ4v) is 1.46. The van der Waals surface area contributed by atoms with Crippen molar-refractivity contribution >= 4 is 12.4 Å². The van der Waals surface area contributed by atoms with E-state index in [9.17, 15) is 0 Å². The lowest BCUT2D eigenvalue weighted by Crippen LogP contribution is -2.43. The van der Waals surface area contributed by atoms with E-state index < -0.39 is 0 Å². The van der Waals surface area contributed by atoms with Gasteiger partial charge in [-0.1, -0.05) is 42.5 Å². The van der Waals surface area contributed by atoms with Crippen LogP contribution >= 0.6 is 12.4 Å². The first-order valence-electron chi connectivity index (χ1n) is 5.47. The predicted octanol–water partition coefficient (Wildman–Crippen LogP) is 1.36. The molecule has 1 aliphatic rings. The first kappa shape index (κ1) is 18.5. The molecule has 0 aromatic heterocycles. The Morgan fingerprint density at radius 3 is 1.76 bits per heavy atom. The predicted molar refractivity (Wildman–Crippen MR) is 76.8 cm³/mol. The molecule has 0 bridgehead atoms. The van der Waals surface area contributed by atoms with Gasteiger partial charge < -0.3 is 10.8 Å². The quantitative estimate of drug-likeness (QED) is 0.815. The van der Waals surface area contributed by atoms with Crippen molar-refractivity contribution in [3.8, 4) is 0 Å². The number of benzene rings is 1. The Balaban J connectivity index is 0. The van der Waals surface area contributed by atoms with Gasteiger partial charge in [0.05, 0.1) is 0 Å². The molecule has 1 aromatic rings. The van der Waals surface area contributed by atoms with Crippen LogP contribution in [0.25, 0.3) is 0 Å². The summed E-state index contributed by atoms with van der Waals surface area (Å²) in [6, 6.07) is 12.0. The molecule has 4 heteroatoms. The molecule has 3 nitrogen and oxygen atoms in total. The average molecular weight is 259 g/mol. The van der Waals surface area contributed by atoms with E-state index in [-0.39, 0.29) is 17.9 Å². The molecule has 98 valence electrons. The van der Waals surface area contributed by atoms with Crippen LogP contribution in [0.5, 0.6) is 0 Å². The topological polar surface area (TPSA) is 46.8 Å². The summed E-state index contributed by atoms with van der Waals surface area (Å²) in [4.78, 5) is 2.39. The third-order valence-corrected chi connectivity index (χ3v) is 2.26. The summed E-state index contributed by atoms with van der Waals surface area (Å²) in [5, 5.41) is 3.30. The second-order valence-electron chi connectivity index (χ2n) is 3.49. The number of nitrogens with zero attached hydrogens (tertiary/aromatic N) is 1. The Morgan fingerprint density at radius 2 is 1.41 bits per heavy atom. The highest BCUT2D eigenvalue weighted by molar-refractivity contribution is 5.85. The van der Waals surface area contributed by atoms with Gasteiger partial charge in [-0.15, -0.1) is 19.0 Å². The van der Waals surface area contributed by atoms with Crippen LogP contribution in [0.15, 0.2) is 49.1 Å². The highest BCUT2D eigenvalue weighted by atomic mass is 35.5. The maximum absolute atomic E-state index is 3.69. The molecule has 2 rings (SSSR count). The van der Waals surface area contributed by atoms with Crippen LogP contribution in [-0.2, 0) is 0 Å². The Labute approximate surface area is 110 Å². The van der Waals surface area contributed by atoms with Crippen LogP contribution in [-0.4, -0.2) is 43.1 Å². The zero-order valence-corrected chi connectivity index (χ0v) is 11.0. The normalized spacial score (nSPS) is 14.4. The minimum Gasteiger partial charge on any atom is -0.412 e. The highest BCUT2D eigenvalue weighted by Crippen LogP contribution is 1.90. The summed E-state index contributed by atoms with van der Waals surface area (Å²) in [6.45, 7) is 9.35. The smallest absolute Gasteiger partial charge is 0.0161 e. The third-order valence-electron chi connectivity index (χ3n) is 2.26. The first-order chi connectivity index (χ1) is 7.43. The maximum atomic E-state index is 3.69. The van der Waals surface area contributed by atoms with Crippen molar-refractivity contribution in [2.45, 2.75) is 0 Å². The van der Waals surface area contributed by atoms with E-state index in [1.165, 1.54) is 13.1 Å². The zero-order valence-electron chi connectivity index (χ0n) is 10.1. The molecule has 0 radical (unpaired) electrons. The van der Waals surface area contributed by atoms with Gasteiger partial charge in [0.2, 0.25) is 0 Å². The van der Waals surface area contributed by atoms with Crippen molar-refractivity contribution in [2.24, 2.45) is 0 Å². The van der Waals surface area contributed by atoms with Crippen LogP contribution < -0.4 is 5.32 Å². The third kappa shape index (κ3) is 10.0. The van der Waals surface area contributed by atoms with Crippen molar-refractivity contribution in [2.75, 3.05) is 32.7 Å². The average Bonchev–Trinajstić information content (AvgIpc) is 2.34. The van der Waals surface area contributed by atoms with Crippen molar-refractivity contribution in [3.63, 3.8) is 0 Å². The molecule has 1 heterocycles. The fourth-order valence-electron chi connectivity index (χ4n) is 1.46. The van der Waals surface area contributed by atoms with Gasteiger partial charge in [0.1, 0.15) is 0 Å². The number of hydrogen-bond acceptors (Lipinski definition) is 2. The zero-order chi connectivity index (χ0) is 10.8. The number of nitrogens with one attached hydrogen (secondary N) is 1. The first-order valence-corrected chi connectivity index (χ1v) is 5.47. The second-order valence-corrected chi connectivity index (χ2v) is 3.49. The summed E-state index contributed by atoms with van der Waals surface area (Å²) >= 11 is 0. The van der Waals surface area contributed by atoms with Crippen LogP contribution in [0.3, 0.4) is 0 Å². The minimum atomic E-state index is 0. The van der Waals surface area contributed by atoms with Crippen molar-refractivity contribution < 1.29 is 5.48 Å². The summed E-state index contributed by atoms with van der Waals surface area (Å²) < 4.78 is 0. The summed E-state index contributed by atoms with van der Waals surface area (Å²) in [5.41, 5.74) is 0. The molecular weight excluding hydrogens is 236 g/mol. The second kappa shape index (κ2) is 13.2. The molecular formula is C13H23ClN2O. The van der Waals surface area contributed by atoms with E-state index in [2.05, 4.69) is 16.8 Å². The number of halogens is 1. The lowest BCUT2D eigenvalue weighted by molar-refractivity contribution is 0.265. The molecule has 0 spiro atoms. The van der Waals surface area contributed by atoms with Gasteiger partial charge in [-0.3, -0.25) is 4.90 Å². The minimum absolute atomic E-state index is 0. The lowest BCUT2D eigenvalue weighted by Gasteiger charge is -2.25. The van der Waals surface area contributed by atoms with Gasteiger partial charge >= 0.3 is 0 Å². The number of hydrogen-bond donors (Lipinski definition) is 1. The van der Waals surface area contributed by atoms with Crippen molar-refractivity contribution in [3.05, 3.63) is 49.1 Å². The van der Waals surface area contributed by atoms with Gasteiger partial charge in [0, 0.05) is 32.7 Å². The Kier molecular flexibility index (Phi) is 14.4. The molecule has 1 aliphatic heterocycles. The lowest BCUT2D eigenvalue weighted by atomic mass is 10.3. The fraction of sp³-hybridized carbons (Fsp3) is 0.385. The summed E-state index contributed by atoms with van der Waals surface area (Å²) in [6.07, 6.45) is 1.96. The number of rotatable bonds is 2. The van der Waals surface area contributed by atoms with Gasteiger partial charge in [-0.05, 0) is 0 Å². The van der Waals surface area contributed by atoms with E-state index in [0.717, 1.165) is 19.6 Å². The van der Waals surface area contributed by atoms with Gasteiger partial charge in [0.15, 0.2) is 0 Å². The van der Waals surface area contributed by atoms with Crippen LogP contribution in [0.1, 0.15) is 0 Å². The van der Waals surface area contributed by atoms with Crippen molar-refractivity contribution in [1.82, 2.24) is 10.2 Å². The van der Waals surface area contributed by atoms with E-state index in [0.29, 0.717) is 0 Å². The van der Waals surface area contributed by atoms with Crippen molar-refractivity contribution in [1.29, 1.82) is 0 Å².